The molecule has 0 saturated carbocycles. The van der Waals surface area contributed by atoms with Gasteiger partial charge in [-0.2, -0.15) is 5.10 Å². The van der Waals surface area contributed by atoms with Crippen LogP contribution in [0, 0.1) is 20.8 Å². The van der Waals surface area contributed by atoms with E-state index >= 15 is 0 Å². The zero-order valence-electron chi connectivity index (χ0n) is 12.8. The van der Waals surface area contributed by atoms with Crippen LogP contribution >= 0.6 is 0 Å². The zero-order chi connectivity index (χ0) is 14.7. The molecular formula is C17H24N2O. The molecule has 1 heterocycles. The van der Waals surface area contributed by atoms with Crippen LogP contribution < -0.4 is 0 Å². The highest BCUT2D eigenvalue weighted by Crippen LogP contribution is 2.24. The highest BCUT2D eigenvalue weighted by atomic mass is 16.3. The van der Waals surface area contributed by atoms with Gasteiger partial charge in [-0.1, -0.05) is 24.6 Å². The molecule has 2 rings (SSSR count). The topological polar surface area (TPSA) is 38.0 Å². The molecule has 0 amide bonds. The molecule has 1 aromatic carbocycles. The molecule has 3 heteroatoms. The van der Waals surface area contributed by atoms with E-state index in [2.05, 4.69) is 44.9 Å². The molecule has 0 aliphatic carbocycles. The van der Waals surface area contributed by atoms with E-state index in [4.69, 9.17) is 0 Å². The van der Waals surface area contributed by atoms with Gasteiger partial charge in [-0.3, -0.25) is 4.68 Å². The lowest BCUT2D eigenvalue weighted by atomic mass is 9.94. The molecular weight excluding hydrogens is 248 g/mol. The first kappa shape index (κ1) is 14.8. The van der Waals surface area contributed by atoms with Gasteiger partial charge in [-0.15, -0.1) is 0 Å². The molecule has 108 valence electrons. The van der Waals surface area contributed by atoms with Crippen LogP contribution in [0.25, 0.3) is 0 Å². The van der Waals surface area contributed by atoms with E-state index in [-0.39, 0.29) is 0 Å². The maximum Gasteiger partial charge on any atom is 0.0997 e. The number of aromatic nitrogens is 2. The van der Waals surface area contributed by atoms with E-state index in [0.717, 1.165) is 18.7 Å². The van der Waals surface area contributed by atoms with Crippen molar-refractivity contribution in [1.29, 1.82) is 0 Å². The molecule has 1 atom stereocenters. The highest BCUT2D eigenvalue weighted by Gasteiger charge is 2.16. The Hall–Kier alpha value is -1.61. The van der Waals surface area contributed by atoms with Gasteiger partial charge in [0.2, 0.25) is 0 Å². The molecule has 0 spiro atoms. The maximum absolute atomic E-state index is 10.5. The summed E-state index contributed by atoms with van der Waals surface area (Å²) in [5.41, 5.74) is 5.93. The average molecular weight is 272 g/mol. The average Bonchev–Trinajstić information content (AvgIpc) is 2.82. The van der Waals surface area contributed by atoms with Crippen LogP contribution in [0.2, 0.25) is 0 Å². The second-order valence-corrected chi connectivity index (χ2v) is 5.58. The van der Waals surface area contributed by atoms with Crippen LogP contribution in [0.1, 0.15) is 47.4 Å². The Bertz CT molecular complexity index is 563. The molecule has 3 nitrogen and oxygen atoms in total. The Morgan fingerprint density at radius 1 is 1.20 bits per heavy atom. The molecule has 1 aromatic heterocycles. The van der Waals surface area contributed by atoms with Crippen molar-refractivity contribution >= 4 is 0 Å². The normalized spacial score (nSPS) is 12.7. The summed E-state index contributed by atoms with van der Waals surface area (Å²) in [4.78, 5) is 0. The van der Waals surface area contributed by atoms with E-state index in [1.807, 2.05) is 10.7 Å². The lowest BCUT2D eigenvalue weighted by Crippen LogP contribution is -2.12. The summed E-state index contributed by atoms with van der Waals surface area (Å²) in [6.45, 7) is 9.31. The van der Waals surface area contributed by atoms with E-state index in [0.29, 0.717) is 6.42 Å². The maximum atomic E-state index is 10.5. The van der Waals surface area contributed by atoms with Crippen molar-refractivity contribution < 1.29 is 5.11 Å². The smallest absolute Gasteiger partial charge is 0.0997 e. The minimum atomic E-state index is -0.496. The summed E-state index contributed by atoms with van der Waals surface area (Å²) in [6, 6.07) is 6.27. The van der Waals surface area contributed by atoms with Crippen LogP contribution in [-0.4, -0.2) is 14.9 Å². The van der Waals surface area contributed by atoms with Gasteiger partial charge in [0.05, 0.1) is 11.8 Å². The SMILES string of the molecule is CCCn1nccc1C(O)Cc1c(C)cc(C)cc1C. The van der Waals surface area contributed by atoms with Crippen molar-refractivity contribution in [3.05, 3.63) is 52.3 Å². The number of aryl methyl sites for hydroxylation is 4. The second-order valence-electron chi connectivity index (χ2n) is 5.58. The molecule has 0 saturated heterocycles. The van der Waals surface area contributed by atoms with Gasteiger partial charge >= 0.3 is 0 Å². The first-order chi connectivity index (χ1) is 9.52. The molecule has 0 aliphatic rings. The number of aliphatic hydroxyl groups is 1. The van der Waals surface area contributed by atoms with Crippen molar-refractivity contribution in [3.8, 4) is 0 Å². The second kappa shape index (κ2) is 6.23. The predicted octanol–water partition coefficient (Wildman–Crippen LogP) is 3.49. The van der Waals surface area contributed by atoms with Gasteiger partial charge in [0, 0.05) is 19.2 Å². The van der Waals surface area contributed by atoms with Crippen LogP contribution in [-0.2, 0) is 13.0 Å². The van der Waals surface area contributed by atoms with Gasteiger partial charge < -0.3 is 5.11 Å². The van der Waals surface area contributed by atoms with Gasteiger partial charge in [-0.05, 0) is 49.9 Å². The van der Waals surface area contributed by atoms with E-state index in [1.165, 1.54) is 22.3 Å². The summed E-state index contributed by atoms with van der Waals surface area (Å²) in [5.74, 6) is 0. The Morgan fingerprint density at radius 2 is 1.85 bits per heavy atom. The summed E-state index contributed by atoms with van der Waals surface area (Å²) >= 11 is 0. The molecule has 0 aliphatic heterocycles. The molecule has 20 heavy (non-hydrogen) atoms. The summed E-state index contributed by atoms with van der Waals surface area (Å²) < 4.78 is 1.91. The number of hydrogen-bond donors (Lipinski definition) is 1. The number of benzene rings is 1. The minimum Gasteiger partial charge on any atom is -0.386 e. The lowest BCUT2D eigenvalue weighted by molar-refractivity contribution is 0.166. The molecule has 1 N–H and O–H groups in total. The fourth-order valence-electron chi connectivity index (χ4n) is 2.85. The van der Waals surface area contributed by atoms with Gasteiger partial charge in [-0.25, -0.2) is 0 Å². The number of hydrogen-bond acceptors (Lipinski definition) is 2. The number of rotatable bonds is 5. The van der Waals surface area contributed by atoms with Crippen molar-refractivity contribution in [3.63, 3.8) is 0 Å². The van der Waals surface area contributed by atoms with E-state index in [9.17, 15) is 5.11 Å². The summed E-state index contributed by atoms with van der Waals surface area (Å²) in [7, 11) is 0. The van der Waals surface area contributed by atoms with Crippen LogP contribution in [0.3, 0.4) is 0 Å². The fourth-order valence-corrected chi connectivity index (χ4v) is 2.85. The number of aliphatic hydroxyl groups excluding tert-OH is 1. The fraction of sp³-hybridized carbons (Fsp3) is 0.471. The molecule has 0 fully saturated rings. The Balaban J connectivity index is 2.23. The lowest BCUT2D eigenvalue weighted by Gasteiger charge is -2.17. The molecule has 0 bridgehead atoms. The zero-order valence-corrected chi connectivity index (χ0v) is 12.8. The quantitative estimate of drug-likeness (QED) is 0.904. The predicted molar refractivity (Wildman–Crippen MR) is 81.8 cm³/mol. The van der Waals surface area contributed by atoms with E-state index < -0.39 is 6.10 Å². The molecule has 1 unspecified atom stereocenters. The van der Waals surface area contributed by atoms with Crippen molar-refractivity contribution in [2.45, 2.75) is 53.2 Å². The summed E-state index contributed by atoms with van der Waals surface area (Å²) in [5, 5.41) is 14.8. The van der Waals surface area contributed by atoms with Crippen molar-refractivity contribution in [1.82, 2.24) is 9.78 Å². The van der Waals surface area contributed by atoms with Crippen LogP contribution in [0.4, 0.5) is 0 Å². The third-order valence-electron chi connectivity index (χ3n) is 3.76. The van der Waals surface area contributed by atoms with Crippen LogP contribution in [0.5, 0.6) is 0 Å². The minimum absolute atomic E-state index is 0.496. The third-order valence-corrected chi connectivity index (χ3v) is 3.76. The first-order valence-corrected chi connectivity index (χ1v) is 7.29. The van der Waals surface area contributed by atoms with Crippen molar-refractivity contribution in [2.24, 2.45) is 0 Å². The van der Waals surface area contributed by atoms with Gasteiger partial charge in [0.15, 0.2) is 0 Å². The Kier molecular flexibility index (Phi) is 4.61. The Morgan fingerprint density at radius 3 is 2.45 bits per heavy atom. The number of nitrogens with zero attached hydrogens (tertiary/aromatic N) is 2. The standard InChI is InChI=1S/C17H24N2O/c1-5-8-19-16(6-7-18-19)17(20)11-15-13(3)9-12(2)10-14(15)4/h6-7,9-10,17,20H,5,8,11H2,1-4H3. The highest BCUT2D eigenvalue weighted by molar-refractivity contribution is 5.38. The largest absolute Gasteiger partial charge is 0.386 e. The third kappa shape index (κ3) is 3.10. The summed E-state index contributed by atoms with van der Waals surface area (Å²) in [6.07, 6.45) is 2.93. The van der Waals surface area contributed by atoms with Crippen molar-refractivity contribution in [2.75, 3.05) is 0 Å². The molecule has 0 radical (unpaired) electrons. The van der Waals surface area contributed by atoms with Crippen LogP contribution in [0.15, 0.2) is 24.4 Å². The Labute approximate surface area is 121 Å². The van der Waals surface area contributed by atoms with Gasteiger partial charge in [0.1, 0.15) is 0 Å². The molecule has 2 aromatic rings. The first-order valence-electron chi connectivity index (χ1n) is 7.29. The monoisotopic (exact) mass is 272 g/mol. The van der Waals surface area contributed by atoms with Gasteiger partial charge in [0.25, 0.3) is 0 Å². The van der Waals surface area contributed by atoms with E-state index in [1.54, 1.807) is 6.20 Å².